The van der Waals surface area contributed by atoms with Gasteiger partial charge in [0.05, 0.1) is 28.4 Å². The first-order chi connectivity index (χ1) is 25.3. The molecule has 0 saturated carbocycles. The van der Waals surface area contributed by atoms with Crippen LogP contribution < -0.4 is 0 Å². The van der Waals surface area contributed by atoms with E-state index in [0.717, 1.165) is 50.3 Å². The van der Waals surface area contributed by atoms with Gasteiger partial charge in [0.15, 0.2) is 5.82 Å². The Hall–Kier alpha value is -6.89. The number of nitrogens with zero attached hydrogens (tertiary/aromatic N) is 3. The van der Waals surface area contributed by atoms with Crippen molar-refractivity contribution in [3.05, 3.63) is 204 Å². The number of rotatable bonds is 4. The number of hydrogen-bond donors (Lipinski definition) is 0. The zero-order valence-electron chi connectivity index (χ0n) is 27.6. The Morgan fingerprint density at radius 1 is 0.392 bits per heavy atom. The monoisotopic (exact) mass is 647 g/mol. The second-order valence-corrected chi connectivity index (χ2v) is 13.2. The van der Waals surface area contributed by atoms with Gasteiger partial charge >= 0.3 is 0 Å². The van der Waals surface area contributed by atoms with Crippen molar-refractivity contribution in [2.45, 2.75) is 5.41 Å². The van der Waals surface area contributed by atoms with Gasteiger partial charge in [0.1, 0.15) is 0 Å². The number of aromatic nitrogens is 2. The Morgan fingerprint density at radius 3 is 1.61 bits per heavy atom. The lowest BCUT2D eigenvalue weighted by Crippen LogP contribution is -2.25. The third kappa shape index (κ3) is 4.24. The van der Waals surface area contributed by atoms with Crippen molar-refractivity contribution in [1.29, 1.82) is 5.26 Å². The highest BCUT2D eigenvalue weighted by atomic mass is 14.9. The van der Waals surface area contributed by atoms with Gasteiger partial charge in [0, 0.05) is 16.7 Å². The fraction of sp³-hybridized carbons (Fsp3) is 0.0208. The van der Waals surface area contributed by atoms with Crippen LogP contribution in [0.5, 0.6) is 0 Å². The van der Waals surface area contributed by atoms with E-state index in [9.17, 15) is 5.26 Å². The number of benzene rings is 7. The summed E-state index contributed by atoms with van der Waals surface area (Å²) in [5, 5.41) is 10.1. The lowest BCUT2D eigenvalue weighted by molar-refractivity contribution is 0.794. The van der Waals surface area contributed by atoms with E-state index in [4.69, 9.17) is 9.97 Å². The maximum Gasteiger partial charge on any atom is 0.160 e. The summed E-state index contributed by atoms with van der Waals surface area (Å²) in [6.45, 7) is 0. The summed E-state index contributed by atoms with van der Waals surface area (Å²) in [4.78, 5) is 10.3. The molecule has 3 heteroatoms. The second kappa shape index (κ2) is 11.3. The highest BCUT2D eigenvalue weighted by molar-refractivity contribution is 6.02. The first-order valence-corrected chi connectivity index (χ1v) is 17.2. The summed E-state index contributed by atoms with van der Waals surface area (Å²) in [6.07, 6.45) is 0. The summed E-state index contributed by atoms with van der Waals surface area (Å²) >= 11 is 0. The maximum atomic E-state index is 10.1. The van der Waals surface area contributed by atoms with Gasteiger partial charge in [-0.2, -0.15) is 5.26 Å². The van der Waals surface area contributed by atoms with Crippen LogP contribution in [-0.2, 0) is 5.41 Å². The van der Waals surface area contributed by atoms with Crippen molar-refractivity contribution in [3.8, 4) is 73.4 Å². The SMILES string of the molecule is N#Cc1ccc2c(c1)-c1c(-c3ccccc3-c3cc(-c4ccccc4)nc(-c4ccccc4)n3)cccc1C21c2ccccc2-c2ccccc21. The average Bonchev–Trinajstić information content (AvgIpc) is 3.68. The molecule has 0 saturated heterocycles. The second-order valence-electron chi connectivity index (χ2n) is 13.2. The average molecular weight is 648 g/mol. The van der Waals surface area contributed by atoms with Gasteiger partial charge in [-0.05, 0) is 73.8 Å². The fourth-order valence-electron chi connectivity index (χ4n) is 8.49. The van der Waals surface area contributed by atoms with Crippen LogP contribution in [0, 0.1) is 11.3 Å². The van der Waals surface area contributed by atoms with Crippen molar-refractivity contribution in [2.24, 2.45) is 0 Å². The highest BCUT2D eigenvalue weighted by Crippen LogP contribution is 2.64. The molecular weight excluding hydrogens is 619 g/mol. The number of nitriles is 1. The van der Waals surface area contributed by atoms with Crippen LogP contribution in [0.1, 0.15) is 27.8 Å². The maximum absolute atomic E-state index is 10.1. The van der Waals surface area contributed by atoms with Gasteiger partial charge < -0.3 is 0 Å². The van der Waals surface area contributed by atoms with E-state index in [-0.39, 0.29) is 0 Å². The van der Waals surface area contributed by atoms with Gasteiger partial charge in [-0.15, -0.1) is 0 Å². The summed E-state index contributed by atoms with van der Waals surface area (Å²) in [7, 11) is 0. The molecule has 3 nitrogen and oxygen atoms in total. The molecule has 10 rings (SSSR count). The highest BCUT2D eigenvalue weighted by Gasteiger charge is 2.52. The fourth-order valence-corrected chi connectivity index (χ4v) is 8.49. The van der Waals surface area contributed by atoms with Crippen molar-refractivity contribution < 1.29 is 0 Å². The van der Waals surface area contributed by atoms with Gasteiger partial charge in [0.2, 0.25) is 0 Å². The number of fused-ring (bicyclic) bond motifs is 10. The first-order valence-electron chi connectivity index (χ1n) is 17.2. The molecule has 0 radical (unpaired) electrons. The molecule has 1 aromatic heterocycles. The van der Waals surface area contributed by atoms with E-state index < -0.39 is 5.41 Å². The van der Waals surface area contributed by atoms with E-state index in [1.807, 2.05) is 42.5 Å². The zero-order valence-corrected chi connectivity index (χ0v) is 27.6. The van der Waals surface area contributed by atoms with Gasteiger partial charge in [-0.1, -0.05) is 158 Å². The van der Waals surface area contributed by atoms with Crippen molar-refractivity contribution in [2.75, 3.05) is 0 Å². The van der Waals surface area contributed by atoms with Crippen molar-refractivity contribution in [1.82, 2.24) is 9.97 Å². The van der Waals surface area contributed by atoms with Crippen LogP contribution in [0.3, 0.4) is 0 Å². The summed E-state index contributed by atoms with van der Waals surface area (Å²) in [5.74, 6) is 0.683. The molecule has 0 aliphatic heterocycles. The number of hydrogen-bond acceptors (Lipinski definition) is 3. The van der Waals surface area contributed by atoms with Crippen LogP contribution in [0.15, 0.2) is 176 Å². The summed E-state index contributed by atoms with van der Waals surface area (Å²) < 4.78 is 0. The molecule has 1 spiro atoms. The van der Waals surface area contributed by atoms with Crippen LogP contribution in [0.25, 0.3) is 67.3 Å². The predicted molar refractivity (Wildman–Crippen MR) is 205 cm³/mol. The Bertz CT molecular complexity index is 2600. The lowest BCUT2D eigenvalue weighted by Gasteiger charge is -2.30. The van der Waals surface area contributed by atoms with Crippen LogP contribution in [0.4, 0.5) is 0 Å². The molecule has 0 N–H and O–H groups in total. The first kappa shape index (κ1) is 29.1. The summed E-state index contributed by atoms with van der Waals surface area (Å²) in [5.41, 5.74) is 16.8. The summed E-state index contributed by atoms with van der Waals surface area (Å²) in [6, 6.07) is 64.1. The van der Waals surface area contributed by atoms with E-state index in [2.05, 4.69) is 140 Å². The Balaban J connectivity index is 1.26. The molecule has 0 bridgehead atoms. The lowest BCUT2D eigenvalue weighted by atomic mass is 9.70. The molecule has 0 fully saturated rings. The van der Waals surface area contributed by atoms with E-state index in [0.29, 0.717) is 11.4 Å². The van der Waals surface area contributed by atoms with Crippen LogP contribution in [0.2, 0.25) is 0 Å². The largest absolute Gasteiger partial charge is 0.228 e. The van der Waals surface area contributed by atoms with Gasteiger partial charge in [0.25, 0.3) is 0 Å². The Labute approximate surface area is 296 Å². The minimum atomic E-state index is -0.507. The Morgan fingerprint density at radius 2 is 0.922 bits per heavy atom. The zero-order chi connectivity index (χ0) is 33.9. The molecule has 0 amide bonds. The predicted octanol–water partition coefficient (Wildman–Crippen LogP) is 11.4. The normalized spacial score (nSPS) is 12.8. The van der Waals surface area contributed by atoms with Crippen molar-refractivity contribution in [3.63, 3.8) is 0 Å². The van der Waals surface area contributed by atoms with Gasteiger partial charge in [-0.3, -0.25) is 0 Å². The Kier molecular flexibility index (Phi) is 6.46. The standard InChI is InChI=1S/C48H29N3/c49-30-31-26-27-42-39(28-31)46-38(22-13-25-43(46)48(42)40-23-11-9-19-35(40)36-20-10-12-24-41(36)48)34-18-7-8-21-37(34)45-29-44(32-14-3-1-4-15-32)50-47(51-45)33-16-5-2-6-17-33/h1-29H. The van der Waals surface area contributed by atoms with Crippen molar-refractivity contribution >= 4 is 0 Å². The van der Waals surface area contributed by atoms with Crippen LogP contribution >= 0.6 is 0 Å². The molecule has 8 aromatic rings. The molecule has 0 unspecified atom stereocenters. The van der Waals surface area contributed by atoms with E-state index in [1.165, 1.54) is 33.4 Å². The minimum Gasteiger partial charge on any atom is -0.228 e. The molecule has 7 aromatic carbocycles. The quantitative estimate of drug-likeness (QED) is 0.191. The third-order valence-corrected chi connectivity index (χ3v) is 10.6. The molecule has 51 heavy (non-hydrogen) atoms. The molecule has 1 heterocycles. The molecular formula is C48H29N3. The molecule has 2 aliphatic carbocycles. The molecule has 0 atom stereocenters. The molecule has 2 aliphatic rings. The smallest absolute Gasteiger partial charge is 0.160 e. The topological polar surface area (TPSA) is 49.6 Å². The van der Waals surface area contributed by atoms with Crippen LogP contribution in [-0.4, -0.2) is 9.97 Å². The third-order valence-electron chi connectivity index (χ3n) is 10.6. The van der Waals surface area contributed by atoms with E-state index >= 15 is 0 Å². The van der Waals surface area contributed by atoms with E-state index in [1.54, 1.807) is 0 Å². The minimum absolute atomic E-state index is 0.507. The van der Waals surface area contributed by atoms with Gasteiger partial charge in [-0.25, -0.2) is 9.97 Å². The molecule has 236 valence electrons.